The quantitative estimate of drug-likeness (QED) is 0.242. The molecule has 4 rings (SSSR count). The second-order valence-electron chi connectivity index (χ2n) is 7.04. The minimum Gasteiger partial charge on any atom is -0.462 e. The molecule has 0 radical (unpaired) electrons. The van der Waals surface area contributed by atoms with Gasteiger partial charge in [-0.1, -0.05) is 42.1 Å². The second-order valence-corrected chi connectivity index (χ2v) is 9.19. The third kappa shape index (κ3) is 5.35. The van der Waals surface area contributed by atoms with Gasteiger partial charge in [0.2, 0.25) is 11.8 Å². The molecule has 1 amide bonds. The van der Waals surface area contributed by atoms with Crippen LogP contribution in [0.15, 0.2) is 64.2 Å². The van der Waals surface area contributed by atoms with Gasteiger partial charge in [-0.3, -0.25) is 4.79 Å². The van der Waals surface area contributed by atoms with Gasteiger partial charge in [-0.25, -0.2) is 9.18 Å². The number of hydrogen-bond donors (Lipinski definition) is 1. The Labute approximate surface area is 203 Å². The lowest BCUT2D eigenvalue weighted by molar-refractivity contribution is -0.113. The number of hydrogen-bond acceptors (Lipinski definition) is 8. The molecule has 1 N–H and O–H groups in total. The van der Waals surface area contributed by atoms with Crippen molar-refractivity contribution in [1.29, 1.82) is 0 Å². The summed E-state index contributed by atoms with van der Waals surface area (Å²) in [6, 6.07) is 15.2. The van der Waals surface area contributed by atoms with Crippen LogP contribution in [-0.2, 0) is 9.53 Å². The predicted molar refractivity (Wildman–Crippen MR) is 129 cm³/mol. The van der Waals surface area contributed by atoms with Gasteiger partial charge in [0, 0.05) is 16.0 Å². The first-order valence-electron chi connectivity index (χ1n) is 10.3. The Morgan fingerprint density at radius 3 is 2.53 bits per heavy atom. The number of thioether (sulfide) groups is 1. The molecule has 0 unspecified atom stereocenters. The Morgan fingerprint density at radius 1 is 1.09 bits per heavy atom. The van der Waals surface area contributed by atoms with Gasteiger partial charge in [-0.05, 0) is 43.7 Å². The number of halogens is 1. The largest absolute Gasteiger partial charge is 0.462 e. The summed E-state index contributed by atoms with van der Waals surface area (Å²) in [5, 5.41) is 11.3. The maximum Gasteiger partial charge on any atom is 0.341 e. The summed E-state index contributed by atoms with van der Waals surface area (Å²) in [7, 11) is 0. The number of aromatic nitrogens is 2. The fraction of sp³-hybridized carbons (Fsp3) is 0.167. The van der Waals surface area contributed by atoms with Gasteiger partial charge < -0.3 is 14.5 Å². The van der Waals surface area contributed by atoms with Crippen LogP contribution < -0.4 is 5.32 Å². The van der Waals surface area contributed by atoms with Crippen molar-refractivity contribution >= 4 is 40.0 Å². The molecule has 2 aromatic carbocycles. The van der Waals surface area contributed by atoms with Crippen LogP contribution in [0.1, 0.15) is 22.2 Å². The van der Waals surface area contributed by atoms with Gasteiger partial charge in [0.15, 0.2) is 0 Å². The van der Waals surface area contributed by atoms with Crippen LogP contribution in [0.2, 0.25) is 0 Å². The summed E-state index contributed by atoms with van der Waals surface area (Å²) >= 11 is 2.38. The number of nitrogens with zero attached hydrogens (tertiary/aromatic N) is 2. The molecule has 0 saturated heterocycles. The van der Waals surface area contributed by atoms with E-state index in [2.05, 4.69) is 15.5 Å². The molecule has 0 atom stereocenters. The molecule has 0 saturated carbocycles. The molecule has 174 valence electrons. The molecule has 7 nitrogen and oxygen atoms in total. The van der Waals surface area contributed by atoms with Crippen LogP contribution in [0.25, 0.3) is 22.6 Å². The van der Waals surface area contributed by atoms with Crippen LogP contribution in [0.3, 0.4) is 0 Å². The molecular weight excluding hydrogens is 477 g/mol. The molecule has 4 aromatic rings. The van der Waals surface area contributed by atoms with Crippen LogP contribution in [0.4, 0.5) is 9.39 Å². The zero-order chi connectivity index (χ0) is 24.1. The minimum atomic E-state index is -0.491. The van der Waals surface area contributed by atoms with Gasteiger partial charge in [-0.2, -0.15) is 0 Å². The van der Waals surface area contributed by atoms with Gasteiger partial charge >= 0.3 is 5.97 Å². The number of esters is 1. The number of benzene rings is 2. The molecule has 34 heavy (non-hydrogen) atoms. The first kappa shape index (κ1) is 23.7. The molecule has 2 heterocycles. The average Bonchev–Trinajstić information content (AvgIpc) is 3.43. The third-order valence-electron chi connectivity index (χ3n) is 4.70. The number of rotatable bonds is 8. The summed E-state index contributed by atoms with van der Waals surface area (Å²) < 4.78 is 23.9. The summed E-state index contributed by atoms with van der Waals surface area (Å²) in [5.41, 5.74) is 2.53. The number of anilines is 1. The van der Waals surface area contributed by atoms with Crippen molar-refractivity contribution in [3.05, 3.63) is 70.9 Å². The highest BCUT2D eigenvalue weighted by Gasteiger charge is 2.25. The number of ether oxygens (including phenoxy) is 1. The maximum absolute atomic E-state index is 13.1. The molecule has 0 aliphatic rings. The van der Waals surface area contributed by atoms with E-state index in [0.29, 0.717) is 16.1 Å². The molecular formula is C24H20FN3O4S2. The molecule has 0 aliphatic carbocycles. The predicted octanol–water partition coefficient (Wildman–Crippen LogP) is 5.82. The summed E-state index contributed by atoms with van der Waals surface area (Å²) in [4.78, 5) is 26.3. The smallest absolute Gasteiger partial charge is 0.341 e. The van der Waals surface area contributed by atoms with E-state index in [9.17, 15) is 14.0 Å². The summed E-state index contributed by atoms with van der Waals surface area (Å²) in [6.45, 7) is 3.85. The van der Waals surface area contributed by atoms with Crippen molar-refractivity contribution in [2.75, 3.05) is 17.7 Å². The first-order valence-corrected chi connectivity index (χ1v) is 12.1. The second kappa shape index (κ2) is 10.6. The monoisotopic (exact) mass is 497 g/mol. The topological polar surface area (TPSA) is 94.3 Å². The van der Waals surface area contributed by atoms with Crippen LogP contribution in [0, 0.1) is 12.7 Å². The molecule has 10 heteroatoms. The maximum atomic E-state index is 13.1. The zero-order valence-electron chi connectivity index (χ0n) is 18.3. The van der Waals surface area contributed by atoms with E-state index in [1.54, 1.807) is 6.92 Å². The van der Waals surface area contributed by atoms with Crippen molar-refractivity contribution in [2.24, 2.45) is 0 Å². The summed E-state index contributed by atoms with van der Waals surface area (Å²) in [6.07, 6.45) is 0. The van der Waals surface area contributed by atoms with E-state index in [1.165, 1.54) is 35.6 Å². The van der Waals surface area contributed by atoms with E-state index in [4.69, 9.17) is 9.15 Å². The SMILES string of the molecule is CCOC(=O)c1c(NC(=O)CSc2nnc(-c3ccc(F)cc3)o2)sc(C)c1-c1ccccc1. The van der Waals surface area contributed by atoms with Crippen molar-refractivity contribution in [3.63, 3.8) is 0 Å². The zero-order valence-corrected chi connectivity index (χ0v) is 20.0. The standard InChI is InChI=1S/C24H20FN3O4S2/c1-3-31-23(30)20-19(15-7-5-4-6-8-15)14(2)34-22(20)26-18(29)13-33-24-28-27-21(32-24)16-9-11-17(25)12-10-16/h4-12H,3,13H2,1-2H3,(H,26,29). The van der Waals surface area contributed by atoms with Crippen LogP contribution >= 0.6 is 23.1 Å². The number of carbonyl (C=O) groups excluding carboxylic acids is 2. The van der Waals surface area contributed by atoms with Gasteiger partial charge in [-0.15, -0.1) is 21.5 Å². The lowest BCUT2D eigenvalue weighted by atomic mass is 10.0. The number of amides is 1. The van der Waals surface area contributed by atoms with Crippen LogP contribution in [0.5, 0.6) is 0 Å². The Bertz CT molecular complexity index is 1300. The van der Waals surface area contributed by atoms with Crippen molar-refractivity contribution in [1.82, 2.24) is 10.2 Å². The van der Waals surface area contributed by atoms with Crippen LogP contribution in [-0.4, -0.2) is 34.4 Å². The number of carbonyl (C=O) groups is 2. The number of nitrogens with one attached hydrogen (secondary N) is 1. The Balaban J connectivity index is 1.49. The van der Waals surface area contributed by atoms with Gasteiger partial charge in [0.05, 0.1) is 12.4 Å². The molecule has 2 aromatic heterocycles. The third-order valence-corrected chi connectivity index (χ3v) is 6.54. The summed E-state index contributed by atoms with van der Waals surface area (Å²) in [5.74, 6) is -0.970. The molecule has 0 aliphatic heterocycles. The highest BCUT2D eigenvalue weighted by atomic mass is 32.2. The van der Waals surface area contributed by atoms with E-state index in [-0.39, 0.29) is 35.2 Å². The van der Waals surface area contributed by atoms with Crippen molar-refractivity contribution in [2.45, 2.75) is 19.1 Å². The Morgan fingerprint density at radius 2 is 1.82 bits per heavy atom. The Kier molecular flexibility index (Phi) is 7.39. The number of aryl methyl sites for hydroxylation is 1. The van der Waals surface area contributed by atoms with Gasteiger partial charge in [0.25, 0.3) is 5.22 Å². The molecule has 0 spiro atoms. The van der Waals surface area contributed by atoms with Crippen molar-refractivity contribution in [3.8, 4) is 22.6 Å². The minimum absolute atomic E-state index is 0.00899. The van der Waals surface area contributed by atoms with E-state index < -0.39 is 5.97 Å². The lowest BCUT2D eigenvalue weighted by Crippen LogP contribution is -2.16. The fourth-order valence-electron chi connectivity index (χ4n) is 3.25. The Hall–Kier alpha value is -3.50. The molecule has 0 fully saturated rings. The normalized spacial score (nSPS) is 10.8. The lowest BCUT2D eigenvalue weighted by Gasteiger charge is -2.09. The molecule has 0 bridgehead atoms. The van der Waals surface area contributed by atoms with E-state index in [0.717, 1.165) is 27.8 Å². The van der Waals surface area contributed by atoms with Crippen molar-refractivity contribution < 1.29 is 23.1 Å². The van der Waals surface area contributed by atoms with E-state index in [1.807, 2.05) is 37.3 Å². The van der Waals surface area contributed by atoms with E-state index >= 15 is 0 Å². The van der Waals surface area contributed by atoms with Gasteiger partial charge in [0.1, 0.15) is 16.4 Å². The number of thiophene rings is 1. The highest BCUT2D eigenvalue weighted by Crippen LogP contribution is 2.40. The highest BCUT2D eigenvalue weighted by molar-refractivity contribution is 7.99. The fourth-order valence-corrected chi connectivity index (χ4v) is 4.89. The first-order chi connectivity index (χ1) is 16.5. The average molecular weight is 498 g/mol.